The molecule has 0 saturated heterocycles. The molecular formula is C26H26N2O4. The highest BCUT2D eigenvalue weighted by Crippen LogP contribution is 2.25. The number of rotatable bonds is 10. The first-order valence-electron chi connectivity index (χ1n) is 10.6. The fourth-order valence-corrected chi connectivity index (χ4v) is 3.70. The van der Waals surface area contributed by atoms with Crippen LogP contribution in [0.5, 0.6) is 11.5 Å². The van der Waals surface area contributed by atoms with E-state index >= 15 is 0 Å². The second-order valence-electron chi connectivity index (χ2n) is 7.69. The van der Waals surface area contributed by atoms with Crippen LogP contribution in [0.2, 0.25) is 0 Å². The van der Waals surface area contributed by atoms with Gasteiger partial charge in [0, 0.05) is 25.2 Å². The molecule has 3 aromatic carbocycles. The Morgan fingerprint density at radius 3 is 2.59 bits per heavy atom. The zero-order chi connectivity index (χ0) is 22.3. The van der Waals surface area contributed by atoms with Crippen LogP contribution in [0.3, 0.4) is 0 Å². The minimum Gasteiger partial charge on any atom is -0.497 e. The first kappa shape index (κ1) is 21.4. The third-order valence-corrected chi connectivity index (χ3v) is 5.40. The molecule has 0 aliphatic heterocycles. The number of methoxy groups -OCH3 is 1. The van der Waals surface area contributed by atoms with Gasteiger partial charge in [-0.3, -0.25) is 9.48 Å². The summed E-state index contributed by atoms with van der Waals surface area (Å²) in [7, 11) is 1.67. The van der Waals surface area contributed by atoms with Crippen LogP contribution in [-0.4, -0.2) is 34.6 Å². The molecule has 0 saturated carbocycles. The Kier molecular flexibility index (Phi) is 6.70. The Morgan fingerprint density at radius 1 is 1.00 bits per heavy atom. The van der Waals surface area contributed by atoms with E-state index in [1.54, 1.807) is 13.3 Å². The minimum absolute atomic E-state index is 0.0724. The number of fused-ring (bicyclic) bond motifs is 1. The molecule has 1 aromatic heterocycles. The Hall–Kier alpha value is -3.80. The van der Waals surface area contributed by atoms with E-state index in [4.69, 9.17) is 14.6 Å². The van der Waals surface area contributed by atoms with Crippen LogP contribution in [-0.2, 0) is 24.2 Å². The lowest BCUT2D eigenvalue weighted by atomic mass is 10.0. The predicted octanol–water partition coefficient (Wildman–Crippen LogP) is 4.73. The van der Waals surface area contributed by atoms with Gasteiger partial charge >= 0.3 is 5.97 Å². The van der Waals surface area contributed by atoms with E-state index in [2.05, 4.69) is 29.4 Å². The summed E-state index contributed by atoms with van der Waals surface area (Å²) >= 11 is 0. The highest BCUT2D eigenvalue weighted by atomic mass is 16.5. The number of carbonyl (C=O) groups is 1. The Morgan fingerprint density at radius 2 is 1.81 bits per heavy atom. The van der Waals surface area contributed by atoms with Crippen molar-refractivity contribution >= 4 is 16.7 Å². The molecular weight excluding hydrogens is 404 g/mol. The van der Waals surface area contributed by atoms with Crippen LogP contribution in [0.25, 0.3) is 10.8 Å². The molecule has 0 amide bonds. The van der Waals surface area contributed by atoms with Crippen LogP contribution in [0.1, 0.15) is 23.1 Å². The summed E-state index contributed by atoms with van der Waals surface area (Å²) in [6.07, 6.45) is 4.92. The van der Waals surface area contributed by atoms with E-state index < -0.39 is 5.97 Å². The SMILES string of the molecule is COc1ccc2cc(CCOc3cc(Cn4cccn4)ccc3CCC(=O)O)ccc2c1. The maximum absolute atomic E-state index is 11.0. The highest BCUT2D eigenvalue weighted by Gasteiger charge is 2.09. The summed E-state index contributed by atoms with van der Waals surface area (Å²) in [5.41, 5.74) is 3.15. The Bertz CT molecular complexity index is 1200. The number of nitrogens with zero attached hydrogens (tertiary/aromatic N) is 2. The summed E-state index contributed by atoms with van der Waals surface area (Å²) in [5, 5.41) is 15.6. The average molecular weight is 431 g/mol. The summed E-state index contributed by atoms with van der Waals surface area (Å²) in [6, 6.07) is 20.2. The fourth-order valence-electron chi connectivity index (χ4n) is 3.70. The van der Waals surface area contributed by atoms with Gasteiger partial charge in [0.25, 0.3) is 0 Å². The zero-order valence-corrected chi connectivity index (χ0v) is 18.0. The lowest BCUT2D eigenvalue weighted by molar-refractivity contribution is -0.136. The van der Waals surface area contributed by atoms with Crippen LogP contribution >= 0.6 is 0 Å². The molecule has 0 atom stereocenters. The molecule has 0 unspecified atom stereocenters. The minimum atomic E-state index is -0.815. The van der Waals surface area contributed by atoms with E-state index in [1.807, 2.05) is 47.3 Å². The number of carboxylic acid groups (broad SMARTS) is 1. The Balaban J connectivity index is 1.46. The number of ether oxygens (including phenoxy) is 2. The third kappa shape index (κ3) is 5.46. The fraction of sp³-hybridized carbons (Fsp3) is 0.231. The quantitative estimate of drug-likeness (QED) is 0.394. The molecule has 0 fully saturated rings. The van der Waals surface area contributed by atoms with Crippen molar-refractivity contribution in [3.05, 3.63) is 89.7 Å². The van der Waals surface area contributed by atoms with Gasteiger partial charge in [-0.2, -0.15) is 5.10 Å². The number of benzene rings is 3. The molecule has 1 heterocycles. The number of hydrogen-bond acceptors (Lipinski definition) is 4. The monoisotopic (exact) mass is 430 g/mol. The highest BCUT2D eigenvalue weighted by molar-refractivity contribution is 5.84. The molecule has 0 radical (unpaired) electrons. The number of aryl methyl sites for hydroxylation is 1. The number of carboxylic acids is 1. The smallest absolute Gasteiger partial charge is 0.303 e. The third-order valence-electron chi connectivity index (χ3n) is 5.40. The molecule has 4 aromatic rings. The number of aromatic nitrogens is 2. The van der Waals surface area contributed by atoms with Crippen molar-refractivity contribution in [1.29, 1.82) is 0 Å². The van der Waals surface area contributed by atoms with E-state index in [-0.39, 0.29) is 6.42 Å². The second-order valence-corrected chi connectivity index (χ2v) is 7.69. The van der Waals surface area contributed by atoms with E-state index in [0.29, 0.717) is 19.6 Å². The van der Waals surface area contributed by atoms with Gasteiger partial charge in [-0.15, -0.1) is 0 Å². The zero-order valence-electron chi connectivity index (χ0n) is 18.0. The molecule has 0 bridgehead atoms. The summed E-state index contributed by atoms with van der Waals surface area (Å²) in [4.78, 5) is 11.0. The van der Waals surface area contributed by atoms with Crippen molar-refractivity contribution in [2.75, 3.05) is 13.7 Å². The molecule has 4 rings (SSSR count). The largest absolute Gasteiger partial charge is 0.497 e. The molecule has 0 aliphatic rings. The average Bonchev–Trinajstić information content (AvgIpc) is 3.31. The summed E-state index contributed by atoms with van der Waals surface area (Å²) < 4.78 is 13.3. The van der Waals surface area contributed by atoms with E-state index in [0.717, 1.165) is 39.8 Å². The van der Waals surface area contributed by atoms with Crippen molar-refractivity contribution in [3.63, 3.8) is 0 Å². The van der Waals surface area contributed by atoms with Crippen molar-refractivity contribution in [2.45, 2.75) is 25.8 Å². The first-order chi connectivity index (χ1) is 15.6. The van der Waals surface area contributed by atoms with Crippen molar-refractivity contribution in [2.24, 2.45) is 0 Å². The van der Waals surface area contributed by atoms with Crippen LogP contribution in [0.4, 0.5) is 0 Å². The van der Waals surface area contributed by atoms with Gasteiger partial charge in [0.2, 0.25) is 0 Å². The topological polar surface area (TPSA) is 73.6 Å². The summed E-state index contributed by atoms with van der Waals surface area (Å²) in [6.45, 7) is 1.14. The predicted molar refractivity (Wildman–Crippen MR) is 123 cm³/mol. The maximum atomic E-state index is 11.0. The molecule has 164 valence electrons. The molecule has 0 spiro atoms. The molecule has 32 heavy (non-hydrogen) atoms. The van der Waals surface area contributed by atoms with Gasteiger partial charge in [0.1, 0.15) is 11.5 Å². The van der Waals surface area contributed by atoms with Gasteiger partial charge in [0.15, 0.2) is 0 Å². The van der Waals surface area contributed by atoms with Gasteiger partial charge < -0.3 is 14.6 Å². The van der Waals surface area contributed by atoms with Gasteiger partial charge in [-0.05, 0) is 58.1 Å². The van der Waals surface area contributed by atoms with Crippen LogP contribution < -0.4 is 9.47 Å². The van der Waals surface area contributed by atoms with Crippen molar-refractivity contribution in [3.8, 4) is 11.5 Å². The maximum Gasteiger partial charge on any atom is 0.303 e. The van der Waals surface area contributed by atoms with Crippen molar-refractivity contribution in [1.82, 2.24) is 9.78 Å². The molecule has 6 nitrogen and oxygen atoms in total. The molecule has 0 aliphatic carbocycles. The molecule has 1 N–H and O–H groups in total. The van der Waals surface area contributed by atoms with E-state index in [9.17, 15) is 4.79 Å². The lowest BCUT2D eigenvalue weighted by Gasteiger charge is -2.14. The number of aliphatic carboxylic acids is 1. The Labute approximate surface area is 187 Å². The normalized spacial score (nSPS) is 10.9. The van der Waals surface area contributed by atoms with Crippen molar-refractivity contribution < 1.29 is 19.4 Å². The first-order valence-corrected chi connectivity index (χ1v) is 10.6. The van der Waals surface area contributed by atoms with Gasteiger partial charge in [0.05, 0.1) is 20.3 Å². The van der Waals surface area contributed by atoms with Gasteiger partial charge in [-0.25, -0.2) is 0 Å². The van der Waals surface area contributed by atoms with Crippen LogP contribution in [0, 0.1) is 0 Å². The lowest BCUT2D eigenvalue weighted by Crippen LogP contribution is -2.07. The second kappa shape index (κ2) is 10.0. The van der Waals surface area contributed by atoms with Crippen LogP contribution in [0.15, 0.2) is 73.1 Å². The van der Waals surface area contributed by atoms with Gasteiger partial charge in [-0.1, -0.05) is 36.4 Å². The number of hydrogen-bond donors (Lipinski definition) is 1. The standard InChI is InChI=1S/C26H26N2O4/c1-31-24-9-7-22-15-19(3-6-23(22)17-24)11-14-32-25-16-20(18-28-13-2-12-27-28)4-5-21(25)8-10-26(29)30/h2-7,9,12-13,15-17H,8,10-11,14,18H2,1H3,(H,29,30). The molecule has 6 heteroatoms. The summed E-state index contributed by atoms with van der Waals surface area (Å²) in [5.74, 6) is 0.767. The van der Waals surface area contributed by atoms with E-state index in [1.165, 1.54) is 5.56 Å².